The molecule has 0 bridgehead atoms. The van der Waals surface area contributed by atoms with Gasteiger partial charge < -0.3 is 9.30 Å². The molecule has 49 heavy (non-hydrogen) atoms. The van der Waals surface area contributed by atoms with Gasteiger partial charge in [-0.05, 0) is 84.5 Å². The summed E-state index contributed by atoms with van der Waals surface area (Å²) in [6.07, 6.45) is 2.92. The molecule has 6 heteroatoms. The van der Waals surface area contributed by atoms with Gasteiger partial charge in [0.2, 0.25) is 0 Å². The van der Waals surface area contributed by atoms with Gasteiger partial charge in [0, 0.05) is 34.5 Å². The van der Waals surface area contributed by atoms with E-state index in [0.717, 1.165) is 68.0 Å². The Balaban J connectivity index is 0.00000417. The molecule has 3 heterocycles. The van der Waals surface area contributed by atoms with E-state index >= 15 is 0 Å². The first kappa shape index (κ1) is 34.4. The number of hydrogen-bond donors (Lipinski definition) is 0. The molecule has 3 aromatic heterocycles. The van der Waals surface area contributed by atoms with E-state index in [-0.39, 0.29) is 32.4 Å². The van der Waals surface area contributed by atoms with E-state index in [4.69, 9.17) is 14.8 Å². The molecular formula is C43H42N4OPt. The maximum atomic E-state index is 6.62. The second kappa shape index (κ2) is 13.4. The van der Waals surface area contributed by atoms with Crippen LogP contribution in [0.15, 0.2) is 91.1 Å². The van der Waals surface area contributed by atoms with Crippen molar-refractivity contribution in [3.8, 4) is 34.1 Å². The Morgan fingerprint density at radius 3 is 2.33 bits per heavy atom. The first-order chi connectivity index (χ1) is 23.0. The van der Waals surface area contributed by atoms with E-state index in [1.54, 1.807) is 0 Å². The third-order valence-electron chi connectivity index (χ3n) is 9.77. The number of rotatable bonds is 8. The third-order valence-corrected chi connectivity index (χ3v) is 9.77. The van der Waals surface area contributed by atoms with Crippen LogP contribution in [0.4, 0.5) is 0 Å². The molecule has 0 amide bonds. The molecule has 0 spiro atoms. The molecule has 0 saturated carbocycles. The van der Waals surface area contributed by atoms with Crippen molar-refractivity contribution in [3.05, 3.63) is 131 Å². The van der Waals surface area contributed by atoms with Crippen LogP contribution in [0.2, 0.25) is 0 Å². The maximum absolute atomic E-state index is 6.62. The van der Waals surface area contributed by atoms with Crippen molar-refractivity contribution in [1.29, 1.82) is 0 Å². The van der Waals surface area contributed by atoms with Crippen molar-refractivity contribution >= 4 is 21.8 Å². The van der Waals surface area contributed by atoms with Crippen molar-refractivity contribution < 1.29 is 25.8 Å². The summed E-state index contributed by atoms with van der Waals surface area (Å²) in [5.74, 6) is 2.40. The van der Waals surface area contributed by atoms with Gasteiger partial charge in [-0.3, -0.25) is 4.68 Å². The van der Waals surface area contributed by atoms with Gasteiger partial charge in [0.15, 0.2) is 0 Å². The second-order valence-corrected chi connectivity index (χ2v) is 13.8. The molecular weight excluding hydrogens is 784 g/mol. The molecule has 0 fully saturated rings. The smallest absolute Gasteiger partial charge is 0.509 e. The third kappa shape index (κ3) is 6.37. The molecule has 4 aromatic carbocycles. The molecule has 250 valence electrons. The second-order valence-electron chi connectivity index (χ2n) is 13.8. The zero-order chi connectivity index (χ0) is 33.7. The molecule has 0 aliphatic carbocycles. The minimum atomic E-state index is 0. The Morgan fingerprint density at radius 2 is 1.61 bits per heavy atom. The van der Waals surface area contributed by atoms with Crippen molar-refractivity contribution in [2.24, 2.45) is 0 Å². The summed E-state index contributed by atoms with van der Waals surface area (Å²) in [5.41, 5.74) is 10.9. The average Bonchev–Trinajstić information content (AvgIpc) is 3.56. The summed E-state index contributed by atoms with van der Waals surface area (Å²) < 4.78 is 10.8. The standard InChI is InChI=1S/C43H42N4O.Pt/c1-9-43(7,8)33-15-18-39-38(24-33)37-17-16-35(26-40(37)46(39)41-21-28(4)19-20-44-41)48-36-23-32(27(2)3)22-34(25-36)47-30(6)42(29(5)45-47)31-13-11-10-12-14-31;/h10-24,27H,9H2,1-8H3;/q-2;+2. The van der Waals surface area contributed by atoms with Crippen LogP contribution in [0.5, 0.6) is 11.5 Å². The molecule has 0 aliphatic heterocycles. The molecule has 0 unspecified atom stereocenters. The molecule has 0 aliphatic rings. The van der Waals surface area contributed by atoms with Crippen LogP contribution in [-0.4, -0.2) is 19.3 Å². The Kier molecular flexibility index (Phi) is 9.44. The SMILES string of the molecule is CCC(C)(C)c1ccc2c(c1)c1ccc(Oc3[c-]c(-n4nc(C)c(-c5ccccc5)c4C)cc(C(C)C)c3)[c-]c1n2-c1cc(C)ccn1.[Pt+2]. The first-order valence-corrected chi connectivity index (χ1v) is 16.8. The normalized spacial score (nSPS) is 11.8. The van der Waals surface area contributed by atoms with E-state index in [9.17, 15) is 0 Å². The van der Waals surface area contributed by atoms with Crippen LogP contribution in [-0.2, 0) is 26.5 Å². The number of benzene rings is 4. The van der Waals surface area contributed by atoms with Crippen molar-refractivity contribution in [2.45, 2.75) is 73.1 Å². The van der Waals surface area contributed by atoms with Gasteiger partial charge in [0.1, 0.15) is 5.82 Å². The Hall–Kier alpha value is -4.47. The zero-order valence-electron chi connectivity index (χ0n) is 29.5. The molecule has 7 rings (SSSR count). The summed E-state index contributed by atoms with van der Waals surface area (Å²) in [4.78, 5) is 4.78. The van der Waals surface area contributed by atoms with Gasteiger partial charge in [-0.2, -0.15) is 11.2 Å². The van der Waals surface area contributed by atoms with Crippen LogP contribution in [0.1, 0.15) is 75.0 Å². The van der Waals surface area contributed by atoms with Crippen LogP contribution in [0.3, 0.4) is 0 Å². The largest absolute Gasteiger partial charge is 2.00 e. The van der Waals surface area contributed by atoms with Gasteiger partial charge in [0.05, 0.1) is 5.69 Å². The Bertz CT molecular complexity index is 2300. The van der Waals surface area contributed by atoms with Crippen LogP contribution in [0.25, 0.3) is 44.4 Å². The number of fused-ring (bicyclic) bond motifs is 3. The monoisotopic (exact) mass is 825 g/mol. The predicted molar refractivity (Wildman–Crippen MR) is 197 cm³/mol. The summed E-state index contributed by atoms with van der Waals surface area (Å²) in [5, 5.41) is 7.27. The number of aromatic nitrogens is 4. The molecule has 0 atom stereocenters. The molecule has 0 N–H and O–H groups in total. The summed E-state index contributed by atoms with van der Waals surface area (Å²) >= 11 is 0. The number of pyridine rings is 1. The molecule has 0 saturated heterocycles. The van der Waals surface area contributed by atoms with E-state index < -0.39 is 0 Å². The summed E-state index contributed by atoms with van der Waals surface area (Å²) in [7, 11) is 0. The van der Waals surface area contributed by atoms with Gasteiger partial charge in [-0.15, -0.1) is 41.3 Å². The zero-order valence-corrected chi connectivity index (χ0v) is 31.7. The number of nitrogens with zero attached hydrogens (tertiary/aromatic N) is 4. The van der Waals surface area contributed by atoms with E-state index in [0.29, 0.717) is 11.5 Å². The maximum Gasteiger partial charge on any atom is 2.00 e. The van der Waals surface area contributed by atoms with Crippen LogP contribution in [0, 0.1) is 32.9 Å². The van der Waals surface area contributed by atoms with Crippen molar-refractivity contribution in [1.82, 2.24) is 19.3 Å². The predicted octanol–water partition coefficient (Wildman–Crippen LogP) is 11.2. The molecule has 5 nitrogen and oxygen atoms in total. The minimum absolute atomic E-state index is 0. The first-order valence-electron chi connectivity index (χ1n) is 16.8. The van der Waals surface area contributed by atoms with E-state index in [1.165, 1.54) is 10.9 Å². The molecule has 7 aromatic rings. The van der Waals surface area contributed by atoms with Gasteiger partial charge in [-0.1, -0.05) is 82.6 Å². The van der Waals surface area contributed by atoms with Gasteiger partial charge >= 0.3 is 21.1 Å². The number of ether oxygens (including phenoxy) is 1. The number of hydrogen-bond acceptors (Lipinski definition) is 3. The van der Waals surface area contributed by atoms with Crippen molar-refractivity contribution in [3.63, 3.8) is 0 Å². The fraction of sp³-hybridized carbons (Fsp3) is 0.256. The fourth-order valence-corrected chi connectivity index (χ4v) is 6.56. The summed E-state index contributed by atoms with van der Waals surface area (Å²) in [6, 6.07) is 37.0. The van der Waals surface area contributed by atoms with Crippen LogP contribution >= 0.6 is 0 Å². The molecule has 0 radical (unpaired) electrons. The summed E-state index contributed by atoms with van der Waals surface area (Å²) in [6.45, 7) is 17.5. The van der Waals surface area contributed by atoms with Gasteiger partial charge in [-0.25, -0.2) is 4.98 Å². The quantitative estimate of drug-likeness (QED) is 0.143. The van der Waals surface area contributed by atoms with Crippen molar-refractivity contribution in [2.75, 3.05) is 0 Å². The minimum Gasteiger partial charge on any atom is -0.509 e. The fourth-order valence-electron chi connectivity index (χ4n) is 6.56. The Labute approximate surface area is 304 Å². The average molecular weight is 826 g/mol. The Morgan fingerprint density at radius 1 is 0.837 bits per heavy atom. The van der Waals surface area contributed by atoms with E-state index in [1.807, 2.05) is 29.1 Å². The van der Waals surface area contributed by atoms with E-state index in [2.05, 4.69) is 139 Å². The van der Waals surface area contributed by atoms with Gasteiger partial charge in [0.25, 0.3) is 0 Å². The van der Waals surface area contributed by atoms with Crippen LogP contribution < -0.4 is 4.74 Å². The number of aryl methyl sites for hydroxylation is 2. The topological polar surface area (TPSA) is 44.9 Å².